The van der Waals surface area contributed by atoms with Crippen molar-refractivity contribution in [2.75, 3.05) is 6.54 Å². The molecular weight excluding hydrogens is 446 g/mol. The molecular formula is C23H24BrN3OS. The Morgan fingerprint density at radius 3 is 2.72 bits per heavy atom. The summed E-state index contributed by atoms with van der Waals surface area (Å²) in [6.45, 7) is 7.33. The van der Waals surface area contributed by atoms with Crippen molar-refractivity contribution in [2.45, 2.75) is 32.9 Å². The molecule has 0 spiro atoms. The summed E-state index contributed by atoms with van der Waals surface area (Å²) < 4.78 is 7.41. The van der Waals surface area contributed by atoms with Crippen molar-refractivity contribution in [2.24, 2.45) is 5.92 Å². The molecule has 3 heterocycles. The minimum atomic E-state index is -0.0529. The molecule has 0 unspecified atom stereocenters. The van der Waals surface area contributed by atoms with Gasteiger partial charge < -0.3 is 14.6 Å². The van der Waals surface area contributed by atoms with E-state index in [9.17, 15) is 0 Å². The third-order valence-corrected chi connectivity index (χ3v) is 6.08. The van der Waals surface area contributed by atoms with Crippen molar-refractivity contribution >= 4 is 33.3 Å². The number of halogens is 1. The molecule has 29 heavy (non-hydrogen) atoms. The van der Waals surface area contributed by atoms with Gasteiger partial charge in [0.25, 0.3) is 0 Å². The van der Waals surface area contributed by atoms with Crippen molar-refractivity contribution in [3.8, 4) is 11.3 Å². The molecule has 1 fully saturated rings. The fraction of sp³-hybridized carbons (Fsp3) is 0.304. The van der Waals surface area contributed by atoms with Gasteiger partial charge in [-0.05, 0) is 67.0 Å². The zero-order valence-electron chi connectivity index (χ0n) is 16.7. The Morgan fingerprint density at radius 1 is 1.21 bits per heavy atom. The molecule has 2 aromatic heterocycles. The summed E-state index contributed by atoms with van der Waals surface area (Å²) in [5, 5.41) is 4.21. The molecule has 4 rings (SSSR count). The predicted molar refractivity (Wildman–Crippen MR) is 124 cm³/mol. The molecule has 1 saturated heterocycles. The highest BCUT2D eigenvalue weighted by atomic mass is 79.9. The summed E-state index contributed by atoms with van der Waals surface area (Å²) in [7, 11) is 0. The second-order valence-electron chi connectivity index (χ2n) is 7.86. The Bertz CT molecular complexity index is 1020. The third kappa shape index (κ3) is 4.09. The van der Waals surface area contributed by atoms with Gasteiger partial charge in [0, 0.05) is 22.8 Å². The molecule has 1 aliphatic heterocycles. The molecule has 1 N–H and O–H groups in total. The van der Waals surface area contributed by atoms with E-state index in [1.807, 2.05) is 30.5 Å². The van der Waals surface area contributed by atoms with Crippen molar-refractivity contribution in [1.29, 1.82) is 0 Å². The van der Waals surface area contributed by atoms with Crippen molar-refractivity contribution < 1.29 is 4.42 Å². The molecule has 150 valence electrons. The van der Waals surface area contributed by atoms with E-state index in [-0.39, 0.29) is 12.1 Å². The molecule has 4 nitrogen and oxygen atoms in total. The van der Waals surface area contributed by atoms with Crippen LogP contribution in [0.1, 0.15) is 42.9 Å². The van der Waals surface area contributed by atoms with Gasteiger partial charge in [-0.25, -0.2) is 0 Å². The van der Waals surface area contributed by atoms with Crippen molar-refractivity contribution in [3.05, 3.63) is 76.2 Å². The van der Waals surface area contributed by atoms with Gasteiger partial charge in [-0.1, -0.05) is 41.9 Å². The molecule has 3 aromatic rings. The Morgan fingerprint density at radius 2 is 2.03 bits per heavy atom. The maximum Gasteiger partial charge on any atom is 0.170 e. The highest BCUT2D eigenvalue weighted by Gasteiger charge is 2.41. The Hall–Kier alpha value is -2.18. The first-order valence-electron chi connectivity index (χ1n) is 9.78. The molecule has 0 radical (unpaired) electrons. The number of hydrogen-bond acceptors (Lipinski definition) is 3. The third-order valence-electron chi connectivity index (χ3n) is 5.07. The van der Waals surface area contributed by atoms with Crippen LogP contribution in [0.25, 0.3) is 11.3 Å². The van der Waals surface area contributed by atoms with Crippen LogP contribution >= 0.6 is 28.1 Å². The zero-order valence-corrected chi connectivity index (χ0v) is 19.1. The molecule has 0 aliphatic carbocycles. The van der Waals surface area contributed by atoms with Gasteiger partial charge in [0.05, 0.1) is 11.7 Å². The monoisotopic (exact) mass is 469 g/mol. The molecule has 0 amide bonds. The van der Waals surface area contributed by atoms with E-state index < -0.39 is 0 Å². The van der Waals surface area contributed by atoms with Gasteiger partial charge in [-0.15, -0.1) is 0 Å². The van der Waals surface area contributed by atoms with Gasteiger partial charge in [0.15, 0.2) is 5.11 Å². The number of nitrogens with one attached hydrogen (secondary N) is 1. The number of pyridine rings is 1. The summed E-state index contributed by atoms with van der Waals surface area (Å²) in [4.78, 5) is 6.80. The number of nitrogens with zero attached hydrogens (tertiary/aromatic N) is 2. The first-order valence-corrected chi connectivity index (χ1v) is 11.0. The van der Waals surface area contributed by atoms with Crippen LogP contribution in [0, 0.1) is 12.8 Å². The van der Waals surface area contributed by atoms with E-state index in [0.717, 1.165) is 38.9 Å². The van der Waals surface area contributed by atoms with E-state index in [0.29, 0.717) is 5.92 Å². The lowest BCUT2D eigenvalue weighted by Crippen LogP contribution is -2.32. The number of furan rings is 1. The number of hydrogen-bond donors (Lipinski definition) is 1. The van der Waals surface area contributed by atoms with Gasteiger partial charge in [-0.3, -0.25) is 4.98 Å². The zero-order chi connectivity index (χ0) is 20.5. The summed E-state index contributed by atoms with van der Waals surface area (Å²) in [6, 6.07) is 16.3. The normalized spacial score (nSPS) is 19.1. The Balaban J connectivity index is 1.74. The van der Waals surface area contributed by atoms with E-state index in [1.165, 1.54) is 5.56 Å². The van der Waals surface area contributed by atoms with Crippen LogP contribution in [0.15, 0.2) is 63.6 Å². The topological polar surface area (TPSA) is 41.3 Å². The summed E-state index contributed by atoms with van der Waals surface area (Å²) in [6.07, 6.45) is 1.82. The number of aromatic nitrogens is 1. The van der Waals surface area contributed by atoms with Crippen LogP contribution in [0.2, 0.25) is 0 Å². The number of aryl methyl sites for hydroxylation is 1. The Kier molecular flexibility index (Phi) is 5.74. The van der Waals surface area contributed by atoms with Gasteiger partial charge in [0.1, 0.15) is 17.6 Å². The van der Waals surface area contributed by atoms with Crippen LogP contribution in [0.3, 0.4) is 0 Å². The average Bonchev–Trinajstić information content (AvgIpc) is 3.27. The van der Waals surface area contributed by atoms with Crippen LogP contribution < -0.4 is 5.32 Å². The van der Waals surface area contributed by atoms with Crippen LogP contribution in [-0.2, 0) is 0 Å². The average molecular weight is 470 g/mol. The largest absolute Gasteiger partial charge is 0.459 e. The van der Waals surface area contributed by atoms with E-state index in [2.05, 4.69) is 76.2 Å². The van der Waals surface area contributed by atoms with Gasteiger partial charge >= 0.3 is 0 Å². The lowest BCUT2D eigenvalue weighted by molar-refractivity contribution is 0.253. The first-order chi connectivity index (χ1) is 13.9. The van der Waals surface area contributed by atoms with E-state index in [4.69, 9.17) is 16.6 Å². The van der Waals surface area contributed by atoms with Crippen molar-refractivity contribution in [3.63, 3.8) is 0 Å². The molecule has 6 heteroatoms. The number of benzene rings is 1. The standard InChI is InChI=1S/C23H24BrN3OS/c1-14(2)13-27-22(21(26-23(27)29)18-6-4-5-11-25-18)20-10-9-19(28-20)16-8-7-15(3)12-17(16)24/h4-12,14,21-22H,13H2,1-3H3,(H,26,29)/t21-,22-/m0/s1. The highest BCUT2D eigenvalue weighted by Crippen LogP contribution is 2.41. The maximum absolute atomic E-state index is 6.39. The first kappa shape index (κ1) is 20.1. The van der Waals surface area contributed by atoms with Crippen molar-refractivity contribution in [1.82, 2.24) is 15.2 Å². The smallest absolute Gasteiger partial charge is 0.170 e. The molecule has 0 bridgehead atoms. The Labute approximate surface area is 185 Å². The van der Waals surface area contributed by atoms with Gasteiger partial charge in [-0.2, -0.15) is 0 Å². The number of thiocarbonyl (C=S) groups is 1. The SMILES string of the molecule is Cc1ccc(-c2ccc([C@H]3[C@H](c4ccccn4)NC(=S)N3CC(C)C)o2)c(Br)c1. The highest BCUT2D eigenvalue weighted by molar-refractivity contribution is 9.10. The second-order valence-corrected chi connectivity index (χ2v) is 9.10. The quantitative estimate of drug-likeness (QED) is 0.461. The van der Waals surface area contributed by atoms with Gasteiger partial charge in [0.2, 0.25) is 0 Å². The second kappa shape index (κ2) is 8.28. The number of rotatable bonds is 5. The van der Waals surface area contributed by atoms with Crippen LogP contribution in [0.5, 0.6) is 0 Å². The fourth-order valence-corrected chi connectivity index (χ4v) is 4.78. The van der Waals surface area contributed by atoms with Crippen LogP contribution in [-0.4, -0.2) is 21.5 Å². The summed E-state index contributed by atoms with van der Waals surface area (Å²) in [5.41, 5.74) is 3.21. The predicted octanol–water partition coefficient (Wildman–Crippen LogP) is 6.04. The minimum Gasteiger partial charge on any atom is -0.459 e. The minimum absolute atomic E-state index is 0.0437. The molecule has 2 atom stereocenters. The lowest BCUT2D eigenvalue weighted by Gasteiger charge is -2.27. The van der Waals surface area contributed by atoms with Crippen LogP contribution in [0.4, 0.5) is 0 Å². The fourth-order valence-electron chi connectivity index (χ4n) is 3.78. The summed E-state index contributed by atoms with van der Waals surface area (Å²) >= 11 is 9.35. The lowest BCUT2D eigenvalue weighted by atomic mass is 10.0. The molecule has 0 saturated carbocycles. The molecule has 1 aliphatic rings. The van der Waals surface area contributed by atoms with E-state index in [1.54, 1.807) is 0 Å². The van der Waals surface area contributed by atoms with E-state index >= 15 is 0 Å². The summed E-state index contributed by atoms with van der Waals surface area (Å²) in [5.74, 6) is 2.20. The molecule has 1 aromatic carbocycles. The maximum atomic E-state index is 6.39.